The van der Waals surface area contributed by atoms with E-state index in [0.717, 1.165) is 11.3 Å². The van der Waals surface area contributed by atoms with E-state index in [9.17, 15) is 10.1 Å². The largest absolute Gasteiger partial charge is 0.374 e. The van der Waals surface area contributed by atoms with E-state index in [-0.39, 0.29) is 11.8 Å². The first kappa shape index (κ1) is 17.0. The molecule has 4 heteroatoms. The molecule has 114 valence electrons. The van der Waals surface area contributed by atoms with Crippen LogP contribution < -0.4 is 10.6 Å². The predicted octanol–water partition coefficient (Wildman–Crippen LogP) is 3.16. The van der Waals surface area contributed by atoms with Gasteiger partial charge < -0.3 is 10.6 Å². The van der Waals surface area contributed by atoms with Crippen molar-refractivity contribution < 1.29 is 4.79 Å². The van der Waals surface area contributed by atoms with Crippen molar-refractivity contribution in [1.82, 2.24) is 5.32 Å². The smallest absolute Gasteiger partial charge is 0.243 e. The molecule has 0 heterocycles. The van der Waals surface area contributed by atoms with Crippen LogP contribution in [-0.4, -0.2) is 17.5 Å². The Kier molecular flexibility index (Phi) is 5.37. The van der Waals surface area contributed by atoms with Crippen molar-refractivity contribution in [2.24, 2.45) is 5.92 Å². The minimum atomic E-state index is -0.852. The van der Waals surface area contributed by atoms with E-state index < -0.39 is 11.6 Å². The van der Waals surface area contributed by atoms with E-state index in [1.54, 1.807) is 13.8 Å². The Bertz CT molecular complexity index is 560. The Labute approximate surface area is 127 Å². The first-order valence-electron chi connectivity index (χ1n) is 7.26. The van der Waals surface area contributed by atoms with Crippen LogP contribution in [-0.2, 0) is 4.79 Å². The van der Waals surface area contributed by atoms with Gasteiger partial charge in [-0.25, -0.2) is 0 Å². The Morgan fingerprint density at radius 3 is 2.38 bits per heavy atom. The summed E-state index contributed by atoms with van der Waals surface area (Å²) >= 11 is 0. The van der Waals surface area contributed by atoms with Crippen LogP contribution in [0.4, 0.5) is 5.69 Å². The van der Waals surface area contributed by atoms with Crippen molar-refractivity contribution >= 4 is 11.6 Å². The van der Waals surface area contributed by atoms with Crippen molar-refractivity contribution in [3.63, 3.8) is 0 Å². The summed E-state index contributed by atoms with van der Waals surface area (Å²) in [6, 6.07) is 7.83. The molecular formula is C17H25N3O. The van der Waals surface area contributed by atoms with Crippen LogP contribution in [0.15, 0.2) is 18.2 Å². The van der Waals surface area contributed by atoms with Crippen LogP contribution >= 0.6 is 0 Å². The average Bonchev–Trinajstić information content (AvgIpc) is 2.41. The Hall–Kier alpha value is -2.02. The highest BCUT2D eigenvalue weighted by Crippen LogP contribution is 2.18. The second-order valence-electron chi connectivity index (χ2n) is 6.14. The minimum Gasteiger partial charge on any atom is -0.374 e. The molecule has 0 fully saturated rings. The standard InChI is InChI=1S/C17H25N3O/c1-11(2)17(6,10-18)20-16(21)14(5)19-15-8-7-12(3)9-13(15)4/h7-9,11,14,19H,1-6H3,(H,20,21)/t14-,17+/m0/s1. The normalized spacial score (nSPS) is 15.0. The summed E-state index contributed by atoms with van der Waals surface area (Å²) in [5.41, 5.74) is 2.37. The lowest BCUT2D eigenvalue weighted by Gasteiger charge is -2.29. The number of hydrogen-bond acceptors (Lipinski definition) is 3. The average molecular weight is 287 g/mol. The van der Waals surface area contributed by atoms with Crippen molar-refractivity contribution in [2.45, 2.75) is 53.1 Å². The highest BCUT2D eigenvalue weighted by atomic mass is 16.2. The van der Waals surface area contributed by atoms with E-state index in [2.05, 4.69) is 22.8 Å². The van der Waals surface area contributed by atoms with Gasteiger partial charge in [0.1, 0.15) is 11.6 Å². The molecule has 1 amide bonds. The third-order valence-corrected chi connectivity index (χ3v) is 3.92. The van der Waals surface area contributed by atoms with Gasteiger partial charge in [-0.3, -0.25) is 4.79 Å². The number of nitriles is 1. The number of amides is 1. The lowest BCUT2D eigenvalue weighted by molar-refractivity contribution is -0.123. The molecule has 0 spiro atoms. The van der Waals surface area contributed by atoms with Gasteiger partial charge in [-0.15, -0.1) is 0 Å². The quantitative estimate of drug-likeness (QED) is 0.874. The number of carbonyl (C=O) groups excluding carboxylic acids is 1. The van der Waals surface area contributed by atoms with Crippen molar-refractivity contribution in [3.8, 4) is 6.07 Å². The van der Waals surface area contributed by atoms with Crippen molar-refractivity contribution in [3.05, 3.63) is 29.3 Å². The highest BCUT2D eigenvalue weighted by molar-refractivity contribution is 5.85. The lowest BCUT2D eigenvalue weighted by atomic mass is 9.90. The Balaban J connectivity index is 2.78. The fourth-order valence-corrected chi connectivity index (χ4v) is 1.94. The van der Waals surface area contributed by atoms with Crippen LogP contribution in [0.2, 0.25) is 0 Å². The summed E-state index contributed by atoms with van der Waals surface area (Å²) < 4.78 is 0. The van der Waals surface area contributed by atoms with E-state index in [0.29, 0.717) is 0 Å². The topological polar surface area (TPSA) is 64.9 Å². The van der Waals surface area contributed by atoms with E-state index >= 15 is 0 Å². The third kappa shape index (κ3) is 4.22. The zero-order valence-corrected chi connectivity index (χ0v) is 13.7. The molecule has 0 aliphatic rings. The van der Waals surface area contributed by atoms with E-state index in [1.807, 2.05) is 39.8 Å². The summed E-state index contributed by atoms with van der Waals surface area (Å²) in [5, 5.41) is 15.3. The van der Waals surface area contributed by atoms with Gasteiger partial charge in [0.25, 0.3) is 0 Å². The molecule has 2 N–H and O–H groups in total. The van der Waals surface area contributed by atoms with Gasteiger partial charge in [0, 0.05) is 5.69 Å². The van der Waals surface area contributed by atoms with Gasteiger partial charge in [-0.1, -0.05) is 31.5 Å². The summed E-state index contributed by atoms with van der Waals surface area (Å²) in [5.74, 6) is -0.132. The zero-order valence-electron chi connectivity index (χ0n) is 13.7. The van der Waals surface area contributed by atoms with Gasteiger partial charge in [-0.2, -0.15) is 5.26 Å². The minimum absolute atomic E-state index is 0.0414. The Morgan fingerprint density at radius 2 is 1.90 bits per heavy atom. The van der Waals surface area contributed by atoms with Crippen LogP contribution in [0.3, 0.4) is 0 Å². The summed E-state index contributed by atoms with van der Waals surface area (Å²) in [6.45, 7) is 11.4. The van der Waals surface area contributed by atoms with Gasteiger partial charge >= 0.3 is 0 Å². The van der Waals surface area contributed by atoms with Gasteiger partial charge in [0.15, 0.2) is 0 Å². The molecule has 21 heavy (non-hydrogen) atoms. The maximum Gasteiger partial charge on any atom is 0.243 e. The molecular weight excluding hydrogens is 262 g/mol. The summed E-state index contributed by atoms with van der Waals surface area (Å²) in [6.07, 6.45) is 0. The van der Waals surface area contributed by atoms with Crippen LogP contribution in [0, 0.1) is 31.1 Å². The molecule has 1 aromatic rings. The maximum absolute atomic E-state index is 12.3. The van der Waals surface area contributed by atoms with Crippen LogP contribution in [0.25, 0.3) is 0 Å². The fraction of sp³-hybridized carbons (Fsp3) is 0.529. The summed E-state index contributed by atoms with van der Waals surface area (Å²) in [4.78, 5) is 12.3. The van der Waals surface area contributed by atoms with E-state index in [4.69, 9.17) is 0 Å². The van der Waals surface area contributed by atoms with Gasteiger partial charge in [-0.05, 0) is 45.2 Å². The first-order valence-corrected chi connectivity index (χ1v) is 7.26. The first-order chi connectivity index (χ1) is 9.69. The molecule has 0 aliphatic carbocycles. The number of nitrogens with one attached hydrogen (secondary N) is 2. The molecule has 0 aliphatic heterocycles. The van der Waals surface area contributed by atoms with Gasteiger partial charge in [0.2, 0.25) is 5.91 Å². The second kappa shape index (κ2) is 6.62. The van der Waals surface area contributed by atoms with Crippen LogP contribution in [0.5, 0.6) is 0 Å². The molecule has 2 atom stereocenters. The number of carbonyl (C=O) groups is 1. The van der Waals surface area contributed by atoms with Crippen LogP contribution in [0.1, 0.15) is 38.8 Å². The molecule has 0 radical (unpaired) electrons. The number of nitrogens with zero attached hydrogens (tertiary/aromatic N) is 1. The SMILES string of the molecule is Cc1ccc(N[C@@H](C)C(=O)N[C@](C)(C#N)C(C)C)c(C)c1. The molecule has 1 aromatic carbocycles. The summed E-state index contributed by atoms with van der Waals surface area (Å²) in [7, 11) is 0. The molecule has 0 bridgehead atoms. The van der Waals surface area contributed by atoms with E-state index in [1.165, 1.54) is 5.56 Å². The third-order valence-electron chi connectivity index (χ3n) is 3.92. The molecule has 0 saturated heterocycles. The second-order valence-corrected chi connectivity index (χ2v) is 6.14. The lowest BCUT2D eigenvalue weighted by Crippen LogP contribution is -2.53. The maximum atomic E-state index is 12.3. The number of aryl methyl sites for hydroxylation is 2. The van der Waals surface area contributed by atoms with Gasteiger partial charge in [0.05, 0.1) is 6.07 Å². The fourth-order valence-electron chi connectivity index (χ4n) is 1.94. The predicted molar refractivity (Wildman–Crippen MR) is 86.0 cm³/mol. The van der Waals surface area contributed by atoms with Crippen molar-refractivity contribution in [1.29, 1.82) is 5.26 Å². The molecule has 0 aromatic heterocycles. The number of hydrogen-bond donors (Lipinski definition) is 2. The highest BCUT2D eigenvalue weighted by Gasteiger charge is 2.31. The van der Waals surface area contributed by atoms with Crippen molar-refractivity contribution in [2.75, 3.05) is 5.32 Å². The molecule has 0 saturated carbocycles. The molecule has 1 rings (SSSR count). The number of rotatable bonds is 5. The Morgan fingerprint density at radius 1 is 1.29 bits per heavy atom. The number of benzene rings is 1. The zero-order chi connectivity index (χ0) is 16.2. The monoisotopic (exact) mass is 287 g/mol. The molecule has 0 unspecified atom stereocenters. The number of anilines is 1. The molecule has 4 nitrogen and oxygen atoms in total.